The van der Waals surface area contributed by atoms with Crippen LogP contribution in [0, 0.1) is 3.57 Å². The van der Waals surface area contributed by atoms with E-state index >= 15 is 0 Å². The third-order valence-corrected chi connectivity index (χ3v) is 7.30. The predicted octanol–water partition coefficient (Wildman–Crippen LogP) is 7.37. The van der Waals surface area contributed by atoms with Gasteiger partial charge in [0.1, 0.15) is 13.7 Å². The van der Waals surface area contributed by atoms with Crippen LogP contribution in [0.2, 0.25) is 0 Å². The SMILES string of the molecule is CCCOc1nc2ccc(I)cc2c(=O)n1CCC.CO/N=C(/C(=O)OC)c1ccccc1CO/N=C(\C)c1cccc(C(F)(F)F)c1. The van der Waals surface area contributed by atoms with Crippen LogP contribution < -0.4 is 10.3 Å². The van der Waals surface area contributed by atoms with Gasteiger partial charge in [0.05, 0.1) is 35.9 Å². The molecular weight excluding hydrogens is 744 g/mol. The van der Waals surface area contributed by atoms with Gasteiger partial charge in [-0.25, -0.2) is 4.79 Å². The molecule has 4 rings (SSSR count). The number of benzene rings is 3. The third-order valence-electron chi connectivity index (χ3n) is 6.63. The molecule has 0 saturated heterocycles. The normalized spacial score (nSPS) is 11.9. The molecule has 0 N–H and O–H groups in total. The number of carbonyl (C=O) groups excluding carboxylic acids is 1. The summed E-state index contributed by atoms with van der Waals surface area (Å²) in [6.45, 7) is 6.76. The van der Waals surface area contributed by atoms with Gasteiger partial charge in [0.15, 0.2) is 5.71 Å². The largest absolute Gasteiger partial charge is 0.465 e. The van der Waals surface area contributed by atoms with Crippen molar-refractivity contribution in [2.75, 3.05) is 20.8 Å². The van der Waals surface area contributed by atoms with E-state index in [9.17, 15) is 22.8 Å². The Hall–Kier alpha value is -4.47. The topological polar surface area (TPSA) is 114 Å². The van der Waals surface area contributed by atoms with Crippen molar-refractivity contribution in [3.8, 4) is 6.01 Å². The lowest BCUT2D eigenvalue weighted by molar-refractivity contribution is -0.137. The second-order valence-corrected chi connectivity index (χ2v) is 11.4. The van der Waals surface area contributed by atoms with Gasteiger partial charge in [-0.2, -0.15) is 18.2 Å². The van der Waals surface area contributed by atoms with Crippen molar-refractivity contribution >= 4 is 50.9 Å². The number of ether oxygens (including phenoxy) is 2. The molecule has 1 aromatic heterocycles. The van der Waals surface area contributed by atoms with Crippen LogP contribution in [0.3, 0.4) is 0 Å². The number of carbonyl (C=O) groups is 1. The van der Waals surface area contributed by atoms with Crippen molar-refractivity contribution in [1.82, 2.24) is 9.55 Å². The second kappa shape index (κ2) is 18.2. The summed E-state index contributed by atoms with van der Waals surface area (Å²) in [6.07, 6.45) is -2.67. The Morgan fingerprint density at radius 2 is 1.73 bits per heavy atom. The maximum Gasteiger partial charge on any atom is 0.416 e. The van der Waals surface area contributed by atoms with Crippen LogP contribution in [0.1, 0.15) is 55.9 Å². The van der Waals surface area contributed by atoms with E-state index in [1.165, 1.54) is 33.3 Å². The molecule has 0 fully saturated rings. The molecule has 0 atom stereocenters. The number of methoxy groups -OCH3 is 1. The van der Waals surface area contributed by atoms with E-state index in [2.05, 4.69) is 37.9 Å². The molecule has 4 aromatic rings. The fourth-order valence-electron chi connectivity index (χ4n) is 4.33. The number of alkyl halides is 3. The second-order valence-electron chi connectivity index (χ2n) is 10.2. The maximum atomic E-state index is 12.9. The van der Waals surface area contributed by atoms with Gasteiger partial charge in [-0.3, -0.25) is 9.36 Å². The monoisotopic (exact) mass is 780 g/mol. The van der Waals surface area contributed by atoms with Crippen LogP contribution in [0.15, 0.2) is 81.8 Å². The molecule has 0 aliphatic heterocycles. The number of oxime groups is 2. The summed E-state index contributed by atoms with van der Waals surface area (Å²) in [6, 6.07) is 17.7. The van der Waals surface area contributed by atoms with E-state index in [1.54, 1.807) is 28.8 Å². The highest BCUT2D eigenvalue weighted by molar-refractivity contribution is 14.1. The average Bonchev–Trinajstić information content (AvgIpc) is 3.08. The standard InChI is InChI=1S/C20H19F3N2O4.C14H17IN2O2/c1-13(14-8-6-9-16(11-14)20(21,22)23)24-29-12-15-7-4-5-10-17(15)18(25-28-3)19(26)27-2;1-3-7-17-13(18)11-9-10(15)5-6-12(11)16-14(17)19-8-4-2/h4-11H,12H2,1-3H3;5-6,9H,3-4,7-8H2,1-2H3/b24-13+,25-18+;. The lowest BCUT2D eigenvalue weighted by Gasteiger charge is -2.12. The lowest BCUT2D eigenvalue weighted by Crippen LogP contribution is -2.24. The molecule has 0 radical (unpaired) electrons. The van der Waals surface area contributed by atoms with Crippen LogP contribution >= 0.6 is 22.6 Å². The molecule has 0 bridgehead atoms. The highest BCUT2D eigenvalue weighted by atomic mass is 127. The van der Waals surface area contributed by atoms with Gasteiger partial charge in [-0.1, -0.05) is 60.6 Å². The van der Waals surface area contributed by atoms with Crippen molar-refractivity contribution in [2.24, 2.45) is 10.3 Å². The number of aromatic nitrogens is 2. The fraction of sp³-hybridized carbons (Fsp3) is 0.324. The number of fused-ring (bicyclic) bond motifs is 1. The van der Waals surface area contributed by atoms with Gasteiger partial charge in [0.2, 0.25) is 0 Å². The predicted molar refractivity (Wildman–Crippen MR) is 185 cm³/mol. The summed E-state index contributed by atoms with van der Waals surface area (Å²) in [4.78, 5) is 38.9. The average molecular weight is 781 g/mol. The summed E-state index contributed by atoms with van der Waals surface area (Å²) in [5, 5.41) is 8.24. The zero-order valence-electron chi connectivity index (χ0n) is 27.1. The van der Waals surface area contributed by atoms with Gasteiger partial charge >= 0.3 is 12.1 Å². The number of rotatable bonds is 12. The minimum atomic E-state index is -4.44. The molecule has 0 aliphatic rings. The maximum absolute atomic E-state index is 12.9. The molecule has 10 nitrogen and oxygen atoms in total. The Kier molecular flexibility index (Phi) is 14.4. The number of esters is 1. The van der Waals surface area contributed by atoms with Crippen LogP contribution in [-0.2, 0) is 38.5 Å². The van der Waals surface area contributed by atoms with Crippen molar-refractivity contribution in [2.45, 2.75) is 52.9 Å². The number of nitrogens with zero attached hydrogens (tertiary/aromatic N) is 4. The smallest absolute Gasteiger partial charge is 0.416 e. The summed E-state index contributed by atoms with van der Waals surface area (Å²) >= 11 is 2.20. The number of halogens is 4. The Morgan fingerprint density at radius 1 is 0.979 bits per heavy atom. The van der Waals surface area contributed by atoms with Crippen LogP contribution in [0.5, 0.6) is 6.01 Å². The quantitative estimate of drug-likeness (QED) is 0.0639. The van der Waals surface area contributed by atoms with Crippen LogP contribution in [0.4, 0.5) is 13.2 Å². The van der Waals surface area contributed by atoms with E-state index in [0.29, 0.717) is 41.2 Å². The lowest BCUT2D eigenvalue weighted by atomic mass is 10.0. The Balaban J connectivity index is 0.000000284. The summed E-state index contributed by atoms with van der Waals surface area (Å²) in [7, 11) is 2.51. The molecule has 14 heteroatoms. The Labute approximate surface area is 289 Å². The highest BCUT2D eigenvalue weighted by Crippen LogP contribution is 2.29. The van der Waals surface area contributed by atoms with Crippen molar-refractivity contribution in [3.05, 3.63) is 103 Å². The van der Waals surface area contributed by atoms with E-state index in [0.717, 1.165) is 28.5 Å². The van der Waals surface area contributed by atoms with Gasteiger partial charge in [-0.05, 0) is 78.3 Å². The first-order valence-corrected chi connectivity index (χ1v) is 16.0. The van der Waals surface area contributed by atoms with Gasteiger partial charge < -0.3 is 19.1 Å². The highest BCUT2D eigenvalue weighted by Gasteiger charge is 2.30. The minimum absolute atomic E-state index is 0.0172. The van der Waals surface area contributed by atoms with Crippen LogP contribution in [-0.4, -0.2) is 47.8 Å². The van der Waals surface area contributed by atoms with E-state index in [4.69, 9.17) is 19.1 Å². The first-order valence-electron chi connectivity index (χ1n) is 14.9. The Morgan fingerprint density at radius 3 is 2.40 bits per heavy atom. The molecule has 256 valence electrons. The Bertz CT molecular complexity index is 1830. The summed E-state index contributed by atoms with van der Waals surface area (Å²) < 4.78 is 51.5. The molecule has 0 aliphatic carbocycles. The molecule has 0 unspecified atom stereocenters. The molecule has 0 amide bonds. The zero-order chi connectivity index (χ0) is 35.3. The zero-order valence-corrected chi connectivity index (χ0v) is 29.3. The van der Waals surface area contributed by atoms with Crippen LogP contribution in [0.25, 0.3) is 10.9 Å². The van der Waals surface area contributed by atoms with Crippen molar-refractivity contribution < 1.29 is 37.1 Å². The third kappa shape index (κ3) is 10.3. The molecule has 0 spiro atoms. The number of hydrogen-bond acceptors (Lipinski definition) is 9. The van der Waals surface area contributed by atoms with E-state index in [-0.39, 0.29) is 29.2 Å². The van der Waals surface area contributed by atoms with Crippen molar-refractivity contribution in [1.29, 1.82) is 0 Å². The molecule has 3 aromatic carbocycles. The van der Waals surface area contributed by atoms with Crippen molar-refractivity contribution in [3.63, 3.8) is 0 Å². The first-order chi connectivity index (χ1) is 22.9. The molecule has 48 heavy (non-hydrogen) atoms. The van der Waals surface area contributed by atoms with E-state index < -0.39 is 17.7 Å². The van der Waals surface area contributed by atoms with Gasteiger partial charge in [-0.15, -0.1) is 0 Å². The molecule has 0 saturated carbocycles. The van der Waals surface area contributed by atoms with Gasteiger partial charge in [0.25, 0.3) is 11.6 Å². The summed E-state index contributed by atoms with van der Waals surface area (Å²) in [5.74, 6) is -0.692. The van der Waals surface area contributed by atoms with Gasteiger partial charge in [0, 0.05) is 21.2 Å². The van der Waals surface area contributed by atoms with E-state index in [1.807, 2.05) is 32.0 Å². The fourth-order valence-corrected chi connectivity index (χ4v) is 4.82. The first kappa shape index (κ1) is 38.0. The molecular formula is C34H36F3IN4O6. The minimum Gasteiger partial charge on any atom is -0.465 e. The molecule has 1 heterocycles. The summed E-state index contributed by atoms with van der Waals surface area (Å²) in [5.41, 5.74) is 1.40. The number of hydrogen-bond donors (Lipinski definition) is 0.